The van der Waals surface area contributed by atoms with E-state index >= 15 is 0 Å². The Morgan fingerprint density at radius 1 is 1.11 bits per heavy atom. The molecule has 3 amide bonds. The van der Waals surface area contributed by atoms with E-state index in [1.54, 1.807) is 30.0 Å². The van der Waals surface area contributed by atoms with Gasteiger partial charge in [0.2, 0.25) is 0 Å². The zero-order chi connectivity index (χ0) is 27.3. The molecule has 1 aliphatic heterocycles. The van der Waals surface area contributed by atoms with Crippen molar-refractivity contribution < 1.29 is 19.1 Å². The standard InChI is InChI=1S/C30H39N3O4/c1-8-16-33-20(4)25(28(35)37-18-19(2)3)26(32-29(33)36)22-10-9-11-24(17-22)31-27(34)21-12-14-23(15-13-21)30(5,6)7/h9-15,17,19,26H,8,16,18H2,1-7H3,(H,31,34)(H,32,36). The van der Waals surface area contributed by atoms with Gasteiger partial charge in [0.05, 0.1) is 18.2 Å². The molecule has 0 aliphatic carbocycles. The van der Waals surface area contributed by atoms with E-state index in [1.165, 1.54) is 0 Å². The summed E-state index contributed by atoms with van der Waals surface area (Å²) in [4.78, 5) is 40.6. The fourth-order valence-electron chi connectivity index (χ4n) is 4.23. The van der Waals surface area contributed by atoms with Crippen LogP contribution in [-0.4, -0.2) is 36.0 Å². The predicted molar refractivity (Wildman–Crippen MR) is 146 cm³/mol. The quantitative estimate of drug-likeness (QED) is 0.419. The van der Waals surface area contributed by atoms with Gasteiger partial charge in [-0.3, -0.25) is 9.69 Å². The number of carbonyl (C=O) groups is 3. The molecule has 0 spiro atoms. The van der Waals surface area contributed by atoms with E-state index in [9.17, 15) is 14.4 Å². The molecule has 1 unspecified atom stereocenters. The molecule has 198 valence electrons. The maximum Gasteiger partial charge on any atom is 0.338 e. The lowest BCUT2D eigenvalue weighted by Crippen LogP contribution is -2.48. The summed E-state index contributed by atoms with van der Waals surface area (Å²) in [6.45, 7) is 14.9. The molecule has 0 fully saturated rings. The van der Waals surface area contributed by atoms with Gasteiger partial charge in [-0.1, -0.05) is 65.8 Å². The van der Waals surface area contributed by atoms with Crippen LogP contribution in [0.15, 0.2) is 59.8 Å². The second-order valence-electron chi connectivity index (χ2n) is 10.9. The smallest absolute Gasteiger partial charge is 0.338 e. The molecule has 1 atom stereocenters. The highest BCUT2D eigenvalue weighted by molar-refractivity contribution is 6.04. The van der Waals surface area contributed by atoms with Crippen LogP contribution in [0.4, 0.5) is 10.5 Å². The maximum atomic E-state index is 13.2. The number of benzene rings is 2. The summed E-state index contributed by atoms with van der Waals surface area (Å²) >= 11 is 0. The number of anilines is 1. The molecule has 0 radical (unpaired) electrons. The molecule has 0 saturated carbocycles. The number of rotatable bonds is 8. The molecule has 2 N–H and O–H groups in total. The summed E-state index contributed by atoms with van der Waals surface area (Å²) in [7, 11) is 0. The molecule has 7 heteroatoms. The van der Waals surface area contributed by atoms with Crippen molar-refractivity contribution in [3.8, 4) is 0 Å². The number of amides is 3. The number of hydrogen-bond acceptors (Lipinski definition) is 4. The van der Waals surface area contributed by atoms with Gasteiger partial charge in [0, 0.05) is 23.5 Å². The Balaban J connectivity index is 1.89. The van der Waals surface area contributed by atoms with E-state index in [0.717, 1.165) is 12.0 Å². The molecule has 1 aliphatic rings. The minimum atomic E-state index is -0.691. The molecule has 0 bridgehead atoms. The summed E-state index contributed by atoms with van der Waals surface area (Å²) in [5, 5.41) is 5.90. The van der Waals surface area contributed by atoms with Crippen molar-refractivity contribution in [2.24, 2.45) is 5.92 Å². The second-order valence-corrected chi connectivity index (χ2v) is 10.9. The maximum absolute atomic E-state index is 13.2. The third-order valence-electron chi connectivity index (χ3n) is 6.30. The minimum Gasteiger partial charge on any atom is -0.462 e. The van der Waals surface area contributed by atoms with Gasteiger partial charge in [-0.25, -0.2) is 9.59 Å². The van der Waals surface area contributed by atoms with Crippen molar-refractivity contribution in [1.82, 2.24) is 10.2 Å². The van der Waals surface area contributed by atoms with Crippen LogP contribution in [0.25, 0.3) is 0 Å². The SMILES string of the molecule is CCCN1C(=O)NC(c2cccc(NC(=O)c3ccc(C(C)(C)C)cc3)c2)C(C(=O)OCC(C)C)=C1C. The normalized spacial score (nSPS) is 16.1. The molecule has 7 nitrogen and oxygen atoms in total. The van der Waals surface area contributed by atoms with Gasteiger partial charge in [0.1, 0.15) is 0 Å². The molecule has 3 rings (SSSR count). The van der Waals surface area contributed by atoms with E-state index in [1.807, 2.05) is 51.1 Å². The molecule has 1 heterocycles. The number of nitrogens with one attached hydrogen (secondary N) is 2. The average Bonchev–Trinajstić information content (AvgIpc) is 2.84. The second kappa shape index (κ2) is 11.6. The summed E-state index contributed by atoms with van der Waals surface area (Å²) in [5.41, 5.74) is 3.93. The average molecular weight is 506 g/mol. The van der Waals surface area contributed by atoms with Crippen LogP contribution >= 0.6 is 0 Å². The zero-order valence-electron chi connectivity index (χ0n) is 23.0. The summed E-state index contributed by atoms with van der Waals surface area (Å²) in [6, 6.07) is 13.8. The number of nitrogens with zero attached hydrogens (tertiary/aromatic N) is 1. The van der Waals surface area contributed by atoms with E-state index in [-0.39, 0.29) is 29.9 Å². The van der Waals surface area contributed by atoms with Gasteiger partial charge in [-0.15, -0.1) is 0 Å². The first-order valence-electron chi connectivity index (χ1n) is 12.9. The number of allylic oxidation sites excluding steroid dienone is 1. The Morgan fingerprint density at radius 3 is 2.38 bits per heavy atom. The van der Waals surface area contributed by atoms with Crippen molar-refractivity contribution in [2.45, 2.75) is 66.3 Å². The van der Waals surface area contributed by atoms with Crippen LogP contribution in [0.5, 0.6) is 0 Å². The van der Waals surface area contributed by atoms with Crippen LogP contribution in [0.1, 0.15) is 82.4 Å². The molecular formula is C30H39N3O4. The van der Waals surface area contributed by atoms with Crippen molar-refractivity contribution in [2.75, 3.05) is 18.5 Å². The van der Waals surface area contributed by atoms with Crippen LogP contribution in [0.3, 0.4) is 0 Å². The Morgan fingerprint density at radius 2 is 1.78 bits per heavy atom. The first kappa shape index (κ1) is 28.0. The molecule has 2 aromatic rings. The highest BCUT2D eigenvalue weighted by Gasteiger charge is 2.36. The van der Waals surface area contributed by atoms with Gasteiger partial charge in [0.15, 0.2) is 0 Å². The zero-order valence-corrected chi connectivity index (χ0v) is 23.0. The molecule has 0 aromatic heterocycles. The van der Waals surface area contributed by atoms with Gasteiger partial charge < -0.3 is 15.4 Å². The first-order chi connectivity index (χ1) is 17.4. The van der Waals surface area contributed by atoms with Gasteiger partial charge in [-0.2, -0.15) is 0 Å². The van der Waals surface area contributed by atoms with Crippen molar-refractivity contribution >= 4 is 23.6 Å². The van der Waals surface area contributed by atoms with E-state index in [2.05, 4.69) is 31.4 Å². The number of ether oxygens (including phenoxy) is 1. The lowest BCUT2D eigenvalue weighted by Gasteiger charge is -2.35. The fraction of sp³-hybridized carbons (Fsp3) is 0.433. The van der Waals surface area contributed by atoms with E-state index in [0.29, 0.717) is 34.6 Å². The summed E-state index contributed by atoms with van der Waals surface area (Å²) < 4.78 is 5.57. The first-order valence-corrected chi connectivity index (χ1v) is 12.9. The Hall–Kier alpha value is -3.61. The van der Waals surface area contributed by atoms with Crippen LogP contribution < -0.4 is 10.6 Å². The lowest BCUT2D eigenvalue weighted by molar-refractivity contribution is -0.140. The Kier molecular flexibility index (Phi) is 8.79. The largest absolute Gasteiger partial charge is 0.462 e. The number of esters is 1. The van der Waals surface area contributed by atoms with Crippen LogP contribution in [0, 0.1) is 5.92 Å². The number of hydrogen-bond donors (Lipinski definition) is 2. The van der Waals surface area contributed by atoms with Gasteiger partial charge >= 0.3 is 12.0 Å². The molecule has 37 heavy (non-hydrogen) atoms. The topological polar surface area (TPSA) is 87.7 Å². The lowest BCUT2D eigenvalue weighted by atomic mass is 9.86. The van der Waals surface area contributed by atoms with Crippen molar-refractivity contribution in [3.63, 3.8) is 0 Å². The van der Waals surface area contributed by atoms with E-state index in [4.69, 9.17) is 4.74 Å². The summed E-state index contributed by atoms with van der Waals surface area (Å²) in [5.74, 6) is -0.502. The summed E-state index contributed by atoms with van der Waals surface area (Å²) in [6.07, 6.45) is 0.752. The Labute approximate surface area is 220 Å². The third kappa shape index (κ3) is 6.79. The third-order valence-corrected chi connectivity index (χ3v) is 6.30. The van der Waals surface area contributed by atoms with E-state index < -0.39 is 12.0 Å². The van der Waals surface area contributed by atoms with Gasteiger partial charge in [0.25, 0.3) is 5.91 Å². The van der Waals surface area contributed by atoms with Crippen LogP contribution in [-0.2, 0) is 14.9 Å². The predicted octanol–water partition coefficient (Wildman–Crippen LogP) is 6.19. The van der Waals surface area contributed by atoms with Crippen molar-refractivity contribution in [1.29, 1.82) is 0 Å². The van der Waals surface area contributed by atoms with Gasteiger partial charge in [-0.05, 0) is 60.1 Å². The number of urea groups is 1. The highest BCUT2D eigenvalue weighted by atomic mass is 16.5. The fourth-order valence-corrected chi connectivity index (χ4v) is 4.23. The van der Waals surface area contributed by atoms with Crippen molar-refractivity contribution in [3.05, 3.63) is 76.5 Å². The Bertz CT molecular complexity index is 1180. The molecule has 0 saturated heterocycles. The highest BCUT2D eigenvalue weighted by Crippen LogP contribution is 2.33. The molecule has 2 aromatic carbocycles. The monoisotopic (exact) mass is 505 g/mol. The molecular weight excluding hydrogens is 466 g/mol. The number of carbonyl (C=O) groups excluding carboxylic acids is 3. The van der Waals surface area contributed by atoms with Crippen LogP contribution in [0.2, 0.25) is 0 Å². The minimum absolute atomic E-state index is 0.000150.